The molecule has 0 fully saturated rings. The second-order valence-electron chi connectivity index (χ2n) is 5.15. The Kier molecular flexibility index (Phi) is 3.13. The summed E-state index contributed by atoms with van der Waals surface area (Å²) < 4.78 is 0. The first-order valence-corrected chi connectivity index (χ1v) is 6.00. The number of nitrogens with zero attached hydrogens (tertiary/aromatic N) is 1. The summed E-state index contributed by atoms with van der Waals surface area (Å²) >= 11 is 0. The number of aromatic nitrogens is 1. The third kappa shape index (κ3) is 2.24. The topological polar surface area (TPSA) is 71.2 Å². The van der Waals surface area contributed by atoms with Gasteiger partial charge >= 0.3 is 0 Å². The van der Waals surface area contributed by atoms with E-state index in [1.807, 2.05) is 32.0 Å². The minimum absolute atomic E-state index is 0.410. The van der Waals surface area contributed by atoms with Gasteiger partial charge in [-0.3, -0.25) is 4.98 Å². The van der Waals surface area contributed by atoms with Crippen LogP contribution < -0.4 is 11.1 Å². The van der Waals surface area contributed by atoms with Crippen molar-refractivity contribution >= 4 is 22.1 Å². The summed E-state index contributed by atoms with van der Waals surface area (Å²) in [6.07, 6.45) is 3.03. The maximum absolute atomic E-state index is 9.77. The summed E-state index contributed by atoms with van der Waals surface area (Å²) in [5.74, 6) is 0. The minimum atomic E-state index is -0.466. The van der Waals surface area contributed by atoms with Gasteiger partial charge in [-0.05, 0) is 39.0 Å². The van der Waals surface area contributed by atoms with Crippen LogP contribution in [0.4, 0.5) is 11.4 Å². The van der Waals surface area contributed by atoms with E-state index in [1.54, 1.807) is 19.3 Å². The molecule has 0 aliphatic heterocycles. The number of nitrogens with two attached hydrogens (primary N) is 1. The van der Waals surface area contributed by atoms with Gasteiger partial charge in [0.15, 0.2) is 0 Å². The summed E-state index contributed by atoms with van der Waals surface area (Å²) in [5, 5.41) is 15.1. The first-order chi connectivity index (χ1) is 8.42. The van der Waals surface area contributed by atoms with Crippen LogP contribution in [0.15, 0.2) is 30.6 Å². The van der Waals surface area contributed by atoms with E-state index in [1.165, 1.54) is 0 Å². The molecular formula is C14H19N3O. The molecule has 0 radical (unpaired) electrons. The number of pyridine rings is 1. The number of anilines is 2. The Morgan fingerprint density at radius 1 is 1.28 bits per heavy atom. The monoisotopic (exact) mass is 245 g/mol. The highest BCUT2D eigenvalue weighted by Crippen LogP contribution is 2.30. The Morgan fingerprint density at radius 2 is 2.00 bits per heavy atom. The van der Waals surface area contributed by atoms with Gasteiger partial charge in [-0.15, -0.1) is 0 Å². The Morgan fingerprint density at radius 3 is 2.67 bits per heavy atom. The second-order valence-corrected chi connectivity index (χ2v) is 5.15. The molecule has 0 saturated heterocycles. The molecule has 0 aliphatic carbocycles. The normalized spacial score (nSPS) is 13.6. The predicted octanol–water partition coefficient (Wildman–Crippen LogP) is 2.39. The van der Waals surface area contributed by atoms with Crippen LogP contribution in [0.3, 0.4) is 0 Å². The van der Waals surface area contributed by atoms with Crippen molar-refractivity contribution in [3.8, 4) is 0 Å². The van der Waals surface area contributed by atoms with Gasteiger partial charge in [0.25, 0.3) is 0 Å². The van der Waals surface area contributed by atoms with Crippen LogP contribution in [0.1, 0.15) is 20.8 Å². The van der Waals surface area contributed by atoms with Crippen LogP contribution in [0, 0.1) is 0 Å². The number of benzene rings is 1. The maximum atomic E-state index is 9.77. The van der Waals surface area contributed by atoms with Crippen molar-refractivity contribution < 1.29 is 5.11 Å². The maximum Gasteiger partial charge on any atom is 0.0736 e. The minimum Gasteiger partial charge on any atom is -0.398 e. The molecule has 4 heteroatoms. The lowest BCUT2D eigenvalue weighted by molar-refractivity contribution is 0.133. The van der Waals surface area contributed by atoms with Gasteiger partial charge in [-0.25, -0.2) is 0 Å². The molecule has 96 valence electrons. The molecule has 4 N–H and O–H groups in total. The third-order valence-corrected chi connectivity index (χ3v) is 3.35. The fourth-order valence-electron chi connectivity index (χ4n) is 1.77. The lowest BCUT2D eigenvalue weighted by atomic mass is 9.97. The molecule has 0 bridgehead atoms. The van der Waals surface area contributed by atoms with Gasteiger partial charge in [-0.1, -0.05) is 0 Å². The zero-order valence-electron chi connectivity index (χ0n) is 10.9. The third-order valence-electron chi connectivity index (χ3n) is 3.35. The molecule has 0 amide bonds. The summed E-state index contributed by atoms with van der Waals surface area (Å²) in [6, 6.07) is 5.71. The van der Waals surface area contributed by atoms with Gasteiger partial charge < -0.3 is 16.2 Å². The van der Waals surface area contributed by atoms with E-state index in [4.69, 9.17) is 5.73 Å². The van der Waals surface area contributed by atoms with Crippen molar-refractivity contribution in [3.05, 3.63) is 30.6 Å². The number of aliphatic hydroxyl groups excluding tert-OH is 1. The molecule has 1 aromatic heterocycles. The first kappa shape index (κ1) is 12.6. The van der Waals surface area contributed by atoms with E-state index in [0.717, 1.165) is 16.5 Å². The van der Waals surface area contributed by atoms with Crippen molar-refractivity contribution in [1.29, 1.82) is 0 Å². The fraction of sp³-hybridized carbons (Fsp3) is 0.357. The van der Waals surface area contributed by atoms with E-state index in [0.29, 0.717) is 5.69 Å². The molecular weight excluding hydrogens is 226 g/mol. The van der Waals surface area contributed by atoms with Crippen molar-refractivity contribution in [1.82, 2.24) is 4.98 Å². The molecule has 0 aliphatic rings. The number of hydrogen-bond acceptors (Lipinski definition) is 4. The Bertz CT molecular complexity index is 564. The molecule has 1 unspecified atom stereocenters. The number of nitrogen functional groups attached to an aromatic ring is 1. The van der Waals surface area contributed by atoms with Gasteiger partial charge in [-0.2, -0.15) is 0 Å². The quantitative estimate of drug-likeness (QED) is 0.726. The SMILES string of the molecule is CC(O)C(C)(C)Nc1ccc(N)c2cnccc12. The summed E-state index contributed by atoms with van der Waals surface area (Å²) in [4.78, 5) is 4.09. The van der Waals surface area contributed by atoms with E-state index < -0.39 is 11.6 Å². The zero-order valence-corrected chi connectivity index (χ0v) is 10.9. The number of aliphatic hydroxyl groups is 1. The summed E-state index contributed by atoms with van der Waals surface area (Å²) in [5.41, 5.74) is 7.18. The molecule has 1 aromatic carbocycles. The molecule has 0 saturated carbocycles. The van der Waals surface area contributed by atoms with Gasteiger partial charge in [0.2, 0.25) is 0 Å². The number of hydrogen-bond donors (Lipinski definition) is 3. The molecule has 1 heterocycles. The number of nitrogens with one attached hydrogen (secondary N) is 1. The zero-order chi connectivity index (χ0) is 13.3. The van der Waals surface area contributed by atoms with Crippen molar-refractivity contribution in [2.24, 2.45) is 0 Å². The number of fused-ring (bicyclic) bond motifs is 1. The second kappa shape index (κ2) is 4.46. The van der Waals surface area contributed by atoms with Crippen LogP contribution in [-0.4, -0.2) is 21.7 Å². The molecule has 2 rings (SSSR count). The van der Waals surface area contributed by atoms with Crippen LogP contribution in [0.2, 0.25) is 0 Å². The highest BCUT2D eigenvalue weighted by atomic mass is 16.3. The molecule has 4 nitrogen and oxygen atoms in total. The Hall–Kier alpha value is -1.81. The van der Waals surface area contributed by atoms with E-state index in [2.05, 4.69) is 10.3 Å². The first-order valence-electron chi connectivity index (χ1n) is 6.00. The lowest BCUT2D eigenvalue weighted by Crippen LogP contribution is -2.41. The molecule has 2 aromatic rings. The Labute approximate surface area is 107 Å². The van der Waals surface area contributed by atoms with Gasteiger partial charge in [0, 0.05) is 34.5 Å². The van der Waals surface area contributed by atoms with Gasteiger partial charge in [0.05, 0.1) is 11.6 Å². The largest absolute Gasteiger partial charge is 0.398 e. The van der Waals surface area contributed by atoms with Crippen LogP contribution in [0.5, 0.6) is 0 Å². The molecule has 0 spiro atoms. The fourth-order valence-corrected chi connectivity index (χ4v) is 1.77. The highest BCUT2D eigenvalue weighted by Gasteiger charge is 2.24. The predicted molar refractivity (Wildman–Crippen MR) is 75.5 cm³/mol. The van der Waals surface area contributed by atoms with Crippen LogP contribution >= 0.6 is 0 Å². The smallest absolute Gasteiger partial charge is 0.0736 e. The molecule has 1 atom stereocenters. The standard InChI is InChI=1S/C14H19N3O/c1-9(18)14(2,3)17-13-5-4-12(15)11-8-16-7-6-10(11)13/h4-9,17-18H,15H2,1-3H3. The number of rotatable bonds is 3. The van der Waals surface area contributed by atoms with Crippen molar-refractivity contribution in [2.45, 2.75) is 32.4 Å². The van der Waals surface area contributed by atoms with E-state index in [-0.39, 0.29) is 0 Å². The van der Waals surface area contributed by atoms with Crippen LogP contribution in [-0.2, 0) is 0 Å². The Balaban J connectivity index is 2.50. The van der Waals surface area contributed by atoms with E-state index in [9.17, 15) is 5.11 Å². The molecule has 18 heavy (non-hydrogen) atoms. The van der Waals surface area contributed by atoms with E-state index >= 15 is 0 Å². The van der Waals surface area contributed by atoms with Crippen LogP contribution in [0.25, 0.3) is 10.8 Å². The average molecular weight is 245 g/mol. The lowest BCUT2D eigenvalue weighted by Gasteiger charge is -2.31. The summed E-state index contributed by atoms with van der Waals surface area (Å²) in [6.45, 7) is 5.69. The van der Waals surface area contributed by atoms with Gasteiger partial charge in [0.1, 0.15) is 0 Å². The summed E-state index contributed by atoms with van der Waals surface area (Å²) in [7, 11) is 0. The highest BCUT2D eigenvalue weighted by molar-refractivity contribution is 6.00. The average Bonchev–Trinajstić information content (AvgIpc) is 2.33. The van der Waals surface area contributed by atoms with Crippen molar-refractivity contribution in [2.75, 3.05) is 11.1 Å². The van der Waals surface area contributed by atoms with Crippen molar-refractivity contribution in [3.63, 3.8) is 0 Å².